The minimum atomic E-state index is -1.12. The van der Waals surface area contributed by atoms with Crippen LogP contribution in [0.15, 0.2) is 83.9 Å². The molecule has 3 aromatic rings. The van der Waals surface area contributed by atoms with E-state index >= 15 is 0 Å². The van der Waals surface area contributed by atoms with Gasteiger partial charge in [0.1, 0.15) is 5.76 Å². The molecule has 0 bridgehead atoms. The van der Waals surface area contributed by atoms with E-state index in [-0.39, 0.29) is 5.56 Å². The molecule has 2 aromatic carbocycles. The number of ketones is 1. The summed E-state index contributed by atoms with van der Waals surface area (Å²) >= 11 is 0. The van der Waals surface area contributed by atoms with Crippen molar-refractivity contribution in [1.29, 1.82) is 0 Å². The van der Waals surface area contributed by atoms with Gasteiger partial charge in [-0.25, -0.2) is 4.79 Å². The summed E-state index contributed by atoms with van der Waals surface area (Å²) in [5, 5.41) is 10.4. The van der Waals surface area contributed by atoms with Gasteiger partial charge in [-0.05, 0) is 11.1 Å². The number of aliphatic hydroxyl groups excluding tert-OH is 1. The molecule has 0 aliphatic heterocycles. The van der Waals surface area contributed by atoms with Crippen molar-refractivity contribution < 1.29 is 19.4 Å². The molecule has 0 saturated carbocycles. The third-order valence-electron chi connectivity index (χ3n) is 4.53. The molecule has 0 spiro atoms. The van der Waals surface area contributed by atoms with Crippen LogP contribution < -0.4 is 5.43 Å². The number of aliphatic hydroxyl groups is 1. The van der Waals surface area contributed by atoms with Crippen LogP contribution in [-0.2, 0) is 27.3 Å². The van der Waals surface area contributed by atoms with E-state index in [1.807, 2.05) is 60.7 Å². The van der Waals surface area contributed by atoms with Crippen molar-refractivity contribution >= 4 is 17.5 Å². The Morgan fingerprint density at radius 1 is 0.967 bits per heavy atom. The minimum Gasteiger partial charge on any atom is -0.507 e. The van der Waals surface area contributed by atoms with Crippen molar-refractivity contribution in [3.63, 3.8) is 0 Å². The van der Waals surface area contributed by atoms with E-state index in [9.17, 15) is 19.5 Å². The van der Waals surface area contributed by atoms with Crippen LogP contribution in [0.25, 0.3) is 5.76 Å². The van der Waals surface area contributed by atoms with E-state index in [4.69, 9.17) is 0 Å². The van der Waals surface area contributed by atoms with Gasteiger partial charge in [0.05, 0.1) is 12.7 Å². The number of hydrogen-bond acceptors (Lipinski definition) is 5. The normalized spacial score (nSPS) is 11.2. The van der Waals surface area contributed by atoms with Crippen LogP contribution in [0.2, 0.25) is 0 Å². The van der Waals surface area contributed by atoms with Crippen LogP contribution in [0.4, 0.5) is 0 Å². The maximum atomic E-state index is 13.0. The summed E-state index contributed by atoms with van der Waals surface area (Å²) in [6.45, 7) is 0.466. The number of pyridine rings is 1. The summed E-state index contributed by atoms with van der Waals surface area (Å²) in [6, 6.07) is 19.1. The lowest BCUT2D eigenvalue weighted by Gasteiger charge is -2.12. The zero-order valence-electron chi connectivity index (χ0n) is 16.4. The van der Waals surface area contributed by atoms with Gasteiger partial charge in [0.2, 0.25) is 0 Å². The number of rotatable bonds is 7. The first-order chi connectivity index (χ1) is 14.5. The largest absolute Gasteiger partial charge is 0.507 e. The first-order valence-corrected chi connectivity index (χ1v) is 9.32. The smallest absolute Gasteiger partial charge is 0.378 e. The molecule has 30 heavy (non-hydrogen) atoms. The van der Waals surface area contributed by atoms with Gasteiger partial charge in [0.25, 0.3) is 5.78 Å². The summed E-state index contributed by atoms with van der Waals surface area (Å²) in [5.41, 5.74) is 1.94. The molecule has 1 heterocycles. The van der Waals surface area contributed by atoms with E-state index in [1.54, 1.807) is 10.8 Å². The molecule has 6 heteroatoms. The fourth-order valence-electron chi connectivity index (χ4n) is 3.06. The van der Waals surface area contributed by atoms with Gasteiger partial charge in [0.15, 0.2) is 5.43 Å². The topological polar surface area (TPSA) is 85.6 Å². The summed E-state index contributed by atoms with van der Waals surface area (Å²) < 4.78 is 6.13. The third-order valence-corrected chi connectivity index (χ3v) is 4.53. The van der Waals surface area contributed by atoms with Crippen molar-refractivity contribution in [3.05, 3.63) is 112 Å². The first-order valence-electron chi connectivity index (χ1n) is 9.32. The first kappa shape index (κ1) is 20.8. The van der Waals surface area contributed by atoms with Crippen LogP contribution in [0, 0.1) is 0 Å². The Hall–Kier alpha value is -3.93. The third kappa shape index (κ3) is 5.11. The Balaban J connectivity index is 2.05. The average Bonchev–Trinajstić information content (AvgIpc) is 2.76. The molecule has 3 rings (SSSR count). The van der Waals surface area contributed by atoms with Crippen LogP contribution in [0.3, 0.4) is 0 Å². The fourth-order valence-corrected chi connectivity index (χ4v) is 3.06. The number of methoxy groups -OCH3 is 1. The second kappa shape index (κ2) is 9.52. The molecular formula is C24H21NO5. The number of ether oxygens (including phenoxy) is 1. The second-order valence-electron chi connectivity index (χ2n) is 6.73. The molecule has 0 aliphatic rings. The van der Waals surface area contributed by atoms with Gasteiger partial charge in [-0.3, -0.25) is 9.59 Å². The van der Waals surface area contributed by atoms with Crippen LogP contribution in [0.1, 0.15) is 22.3 Å². The highest BCUT2D eigenvalue weighted by Gasteiger charge is 2.17. The van der Waals surface area contributed by atoms with E-state index in [0.717, 1.165) is 18.2 Å². The Labute approximate surface area is 173 Å². The second-order valence-corrected chi connectivity index (χ2v) is 6.73. The molecule has 0 radical (unpaired) electrons. The van der Waals surface area contributed by atoms with E-state index < -0.39 is 22.9 Å². The predicted octanol–water partition coefficient (Wildman–Crippen LogP) is 3.13. The highest BCUT2D eigenvalue weighted by atomic mass is 16.5. The quantitative estimate of drug-likeness (QED) is 0.284. The zero-order chi connectivity index (χ0) is 21.5. The van der Waals surface area contributed by atoms with Gasteiger partial charge in [0, 0.05) is 37.0 Å². The number of nitrogens with zero attached hydrogens (tertiary/aromatic N) is 1. The SMILES string of the molecule is COC(=O)C(=O)/C=C(\O)c1cn(Cc2ccccc2)cc(Cc2ccccc2)c1=O. The van der Waals surface area contributed by atoms with Gasteiger partial charge in [-0.15, -0.1) is 0 Å². The summed E-state index contributed by atoms with van der Waals surface area (Å²) in [4.78, 5) is 36.2. The lowest BCUT2D eigenvalue weighted by molar-refractivity contribution is -0.149. The van der Waals surface area contributed by atoms with Crippen molar-refractivity contribution in [3.8, 4) is 0 Å². The fraction of sp³-hybridized carbons (Fsp3) is 0.125. The van der Waals surface area contributed by atoms with Gasteiger partial charge < -0.3 is 14.4 Å². The number of esters is 1. The van der Waals surface area contributed by atoms with E-state index in [1.165, 1.54) is 6.20 Å². The maximum Gasteiger partial charge on any atom is 0.378 e. The highest BCUT2D eigenvalue weighted by molar-refractivity contribution is 6.39. The number of aromatic nitrogens is 1. The molecule has 0 atom stereocenters. The molecule has 0 fully saturated rings. The summed E-state index contributed by atoms with van der Waals surface area (Å²) in [6.07, 6.45) is 4.28. The number of carbonyl (C=O) groups excluding carboxylic acids is 2. The van der Waals surface area contributed by atoms with E-state index in [2.05, 4.69) is 4.74 Å². The van der Waals surface area contributed by atoms with Gasteiger partial charge in [-0.1, -0.05) is 60.7 Å². The molecular weight excluding hydrogens is 382 g/mol. The summed E-state index contributed by atoms with van der Waals surface area (Å²) in [7, 11) is 1.07. The van der Waals surface area contributed by atoms with Crippen molar-refractivity contribution in [2.24, 2.45) is 0 Å². The zero-order valence-corrected chi connectivity index (χ0v) is 16.4. The predicted molar refractivity (Wildman–Crippen MR) is 113 cm³/mol. The molecule has 1 aromatic heterocycles. The number of hydrogen-bond donors (Lipinski definition) is 1. The maximum absolute atomic E-state index is 13.0. The Bertz CT molecular complexity index is 1130. The Kier molecular flexibility index (Phi) is 6.60. The van der Waals surface area contributed by atoms with Crippen molar-refractivity contribution in [2.45, 2.75) is 13.0 Å². The molecule has 0 aliphatic carbocycles. The van der Waals surface area contributed by atoms with Crippen LogP contribution in [-0.4, -0.2) is 28.5 Å². The lowest BCUT2D eigenvalue weighted by atomic mass is 10.0. The van der Waals surface area contributed by atoms with Crippen LogP contribution >= 0.6 is 0 Å². The number of carbonyl (C=O) groups is 2. The Morgan fingerprint density at radius 3 is 2.17 bits per heavy atom. The van der Waals surface area contributed by atoms with Gasteiger partial charge >= 0.3 is 5.97 Å². The monoisotopic (exact) mass is 403 g/mol. The van der Waals surface area contributed by atoms with Crippen molar-refractivity contribution in [2.75, 3.05) is 7.11 Å². The molecule has 1 N–H and O–H groups in total. The molecule has 0 unspecified atom stereocenters. The van der Waals surface area contributed by atoms with Crippen LogP contribution in [0.5, 0.6) is 0 Å². The highest BCUT2D eigenvalue weighted by Crippen LogP contribution is 2.13. The number of benzene rings is 2. The molecule has 0 saturated heterocycles. The Morgan fingerprint density at radius 2 is 1.57 bits per heavy atom. The molecule has 6 nitrogen and oxygen atoms in total. The standard InChI is InChI=1S/C24H21NO5/c1-30-24(29)22(27)13-21(26)20-16-25(14-18-10-6-3-7-11-18)15-19(23(20)28)12-17-8-4-2-5-9-17/h2-11,13,15-16,26H,12,14H2,1H3/b21-13-. The average molecular weight is 403 g/mol. The molecule has 0 amide bonds. The molecule has 152 valence electrons. The van der Waals surface area contributed by atoms with Crippen molar-refractivity contribution in [1.82, 2.24) is 4.57 Å². The lowest BCUT2D eigenvalue weighted by Crippen LogP contribution is -2.20. The minimum absolute atomic E-state index is 0.0587. The van der Waals surface area contributed by atoms with Gasteiger partial charge in [-0.2, -0.15) is 0 Å². The summed E-state index contributed by atoms with van der Waals surface area (Å²) in [5.74, 6) is -2.74. The van der Waals surface area contributed by atoms with E-state index in [0.29, 0.717) is 24.6 Å².